The summed E-state index contributed by atoms with van der Waals surface area (Å²) in [5, 5.41) is 5.81. The van der Waals surface area contributed by atoms with Crippen LogP contribution in [0, 0.1) is 0 Å². The van der Waals surface area contributed by atoms with Gasteiger partial charge in [0.25, 0.3) is 5.91 Å². The Morgan fingerprint density at radius 3 is 2.83 bits per heavy atom. The summed E-state index contributed by atoms with van der Waals surface area (Å²) < 4.78 is 4.91. The van der Waals surface area contributed by atoms with Gasteiger partial charge in [0, 0.05) is 23.7 Å². The molecule has 2 aromatic rings. The molecule has 1 atom stereocenters. The number of epoxide rings is 1. The Balaban J connectivity index is 1.62. The first kappa shape index (κ1) is 11.4. The smallest absolute Gasteiger partial charge is 0.251 e. The molecular formula is C13H12N2O2S. The van der Waals surface area contributed by atoms with Crippen molar-refractivity contribution in [1.82, 2.24) is 10.3 Å². The zero-order valence-electron chi connectivity index (χ0n) is 9.63. The Morgan fingerprint density at radius 1 is 1.44 bits per heavy atom. The van der Waals surface area contributed by atoms with E-state index < -0.39 is 0 Å². The van der Waals surface area contributed by atoms with Crippen LogP contribution in [-0.4, -0.2) is 23.6 Å². The van der Waals surface area contributed by atoms with Crippen molar-refractivity contribution in [3.8, 4) is 10.6 Å². The zero-order chi connectivity index (χ0) is 12.4. The second kappa shape index (κ2) is 4.88. The van der Waals surface area contributed by atoms with Gasteiger partial charge in [0.15, 0.2) is 6.10 Å². The molecule has 92 valence electrons. The standard InChI is InChI=1S/C13H12N2O2S/c16-12(11-8-17-11)15-7-9-1-3-10(4-2-9)13-14-5-6-18-13/h1-6,11H,7-8H2,(H,15,16). The normalized spacial score (nSPS) is 17.4. The number of aromatic nitrogens is 1. The number of ether oxygens (including phenoxy) is 1. The minimum absolute atomic E-state index is 0.0287. The molecule has 1 saturated heterocycles. The molecule has 1 aliphatic rings. The van der Waals surface area contributed by atoms with Crippen LogP contribution in [0.4, 0.5) is 0 Å². The number of carbonyl (C=O) groups is 1. The van der Waals surface area contributed by atoms with Gasteiger partial charge in [-0.05, 0) is 5.56 Å². The molecular weight excluding hydrogens is 248 g/mol. The second-order valence-electron chi connectivity index (χ2n) is 4.07. The van der Waals surface area contributed by atoms with Gasteiger partial charge in [0.05, 0.1) is 6.61 Å². The summed E-state index contributed by atoms with van der Waals surface area (Å²) in [6, 6.07) is 8.05. The van der Waals surface area contributed by atoms with E-state index >= 15 is 0 Å². The number of hydrogen-bond acceptors (Lipinski definition) is 4. The maximum atomic E-state index is 11.4. The van der Waals surface area contributed by atoms with Crippen LogP contribution in [0.25, 0.3) is 10.6 Å². The van der Waals surface area contributed by atoms with Crippen LogP contribution in [0.2, 0.25) is 0 Å². The van der Waals surface area contributed by atoms with Gasteiger partial charge in [0.1, 0.15) is 5.01 Å². The summed E-state index contributed by atoms with van der Waals surface area (Å²) in [6.45, 7) is 1.09. The Morgan fingerprint density at radius 2 is 2.22 bits per heavy atom. The molecule has 2 heterocycles. The van der Waals surface area contributed by atoms with Crippen molar-refractivity contribution in [1.29, 1.82) is 0 Å². The van der Waals surface area contributed by atoms with E-state index in [1.807, 2.05) is 29.6 Å². The summed E-state index contributed by atoms with van der Waals surface area (Å²) in [7, 11) is 0. The fourth-order valence-corrected chi connectivity index (χ4v) is 2.28. The number of amides is 1. The predicted octanol–water partition coefficient (Wildman–Crippen LogP) is 1.83. The lowest BCUT2D eigenvalue weighted by Crippen LogP contribution is -2.27. The van der Waals surface area contributed by atoms with Crippen LogP contribution in [-0.2, 0) is 16.1 Å². The summed E-state index contributed by atoms with van der Waals surface area (Å²) in [5.74, 6) is -0.0287. The van der Waals surface area contributed by atoms with Crippen LogP contribution >= 0.6 is 11.3 Å². The first-order valence-electron chi connectivity index (χ1n) is 5.71. The minimum atomic E-state index is -0.223. The monoisotopic (exact) mass is 260 g/mol. The van der Waals surface area contributed by atoms with Gasteiger partial charge in [-0.2, -0.15) is 0 Å². The molecule has 0 aliphatic carbocycles. The van der Waals surface area contributed by atoms with Crippen molar-refractivity contribution in [3.05, 3.63) is 41.4 Å². The summed E-state index contributed by atoms with van der Waals surface area (Å²) in [5.41, 5.74) is 2.18. The van der Waals surface area contributed by atoms with Crippen LogP contribution in [0.5, 0.6) is 0 Å². The number of rotatable bonds is 4. The average molecular weight is 260 g/mol. The molecule has 4 nitrogen and oxygen atoms in total. The lowest BCUT2D eigenvalue weighted by atomic mass is 10.1. The predicted molar refractivity (Wildman–Crippen MR) is 69.1 cm³/mol. The van der Waals surface area contributed by atoms with E-state index in [0.29, 0.717) is 13.2 Å². The van der Waals surface area contributed by atoms with Gasteiger partial charge in [-0.15, -0.1) is 11.3 Å². The van der Waals surface area contributed by atoms with Crippen molar-refractivity contribution in [2.75, 3.05) is 6.61 Å². The molecule has 0 bridgehead atoms. The average Bonchev–Trinajstić information content (AvgIpc) is 3.12. The van der Waals surface area contributed by atoms with E-state index in [1.54, 1.807) is 17.5 Å². The van der Waals surface area contributed by atoms with Crippen molar-refractivity contribution >= 4 is 17.2 Å². The van der Waals surface area contributed by atoms with Crippen molar-refractivity contribution in [2.24, 2.45) is 0 Å². The highest BCUT2D eigenvalue weighted by Gasteiger charge is 2.30. The van der Waals surface area contributed by atoms with Crippen molar-refractivity contribution in [3.63, 3.8) is 0 Å². The largest absolute Gasteiger partial charge is 0.363 e. The van der Waals surface area contributed by atoms with Gasteiger partial charge in [-0.1, -0.05) is 24.3 Å². The van der Waals surface area contributed by atoms with Crippen molar-refractivity contribution in [2.45, 2.75) is 12.6 Å². The van der Waals surface area contributed by atoms with Crippen molar-refractivity contribution < 1.29 is 9.53 Å². The minimum Gasteiger partial charge on any atom is -0.363 e. The molecule has 0 saturated carbocycles. The number of nitrogens with one attached hydrogen (secondary N) is 1. The lowest BCUT2D eigenvalue weighted by Gasteiger charge is -2.04. The van der Waals surface area contributed by atoms with E-state index in [4.69, 9.17) is 4.74 Å². The molecule has 1 aromatic heterocycles. The molecule has 1 aromatic carbocycles. The summed E-state index contributed by atoms with van der Waals surface area (Å²) in [6.07, 6.45) is 1.57. The van der Waals surface area contributed by atoms with E-state index in [0.717, 1.165) is 16.1 Å². The molecule has 1 unspecified atom stereocenters. The zero-order valence-corrected chi connectivity index (χ0v) is 10.4. The first-order chi connectivity index (χ1) is 8.83. The SMILES string of the molecule is O=C(NCc1ccc(-c2nccs2)cc1)C1CO1. The maximum absolute atomic E-state index is 11.4. The third-order valence-corrected chi connectivity index (χ3v) is 3.55. The fraction of sp³-hybridized carbons (Fsp3) is 0.231. The quantitative estimate of drug-likeness (QED) is 0.853. The molecule has 3 rings (SSSR count). The topological polar surface area (TPSA) is 54.5 Å². The first-order valence-corrected chi connectivity index (χ1v) is 6.59. The van der Waals surface area contributed by atoms with Gasteiger partial charge in [-0.3, -0.25) is 4.79 Å². The Kier molecular flexibility index (Phi) is 3.08. The number of benzene rings is 1. The van der Waals surface area contributed by atoms with Gasteiger partial charge in [-0.25, -0.2) is 4.98 Å². The van der Waals surface area contributed by atoms with E-state index in [-0.39, 0.29) is 12.0 Å². The highest BCUT2D eigenvalue weighted by molar-refractivity contribution is 7.13. The van der Waals surface area contributed by atoms with E-state index in [2.05, 4.69) is 10.3 Å². The molecule has 1 aliphatic heterocycles. The molecule has 1 fully saturated rings. The highest BCUT2D eigenvalue weighted by Crippen LogP contribution is 2.21. The van der Waals surface area contributed by atoms with Crippen LogP contribution < -0.4 is 5.32 Å². The molecule has 0 radical (unpaired) electrons. The van der Waals surface area contributed by atoms with Gasteiger partial charge >= 0.3 is 0 Å². The summed E-state index contributed by atoms with van der Waals surface area (Å²) >= 11 is 1.61. The number of carbonyl (C=O) groups excluding carboxylic acids is 1. The van der Waals surface area contributed by atoms with Crippen LogP contribution in [0.3, 0.4) is 0 Å². The number of thiazole rings is 1. The third-order valence-electron chi connectivity index (χ3n) is 2.73. The second-order valence-corrected chi connectivity index (χ2v) is 4.97. The van der Waals surface area contributed by atoms with Crippen LogP contribution in [0.1, 0.15) is 5.56 Å². The number of hydrogen-bond donors (Lipinski definition) is 1. The van der Waals surface area contributed by atoms with E-state index in [9.17, 15) is 4.79 Å². The maximum Gasteiger partial charge on any atom is 0.251 e. The molecule has 5 heteroatoms. The highest BCUT2D eigenvalue weighted by atomic mass is 32.1. The molecule has 1 N–H and O–H groups in total. The Hall–Kier alpha value is -1.72. The fourth-order valence-electron chi connectivity index (χ4n) is 1.63. The number of nitrogens with zero attached hydrogens (tertiary/aromatic N) is 1. The molecule has 1 amide bonds. The molecule has 18 heavy (non-hydrogen) atoms. The third kappa shape index (κ3) is 2.57. The Bertz CT molecular complexity index is 533. The summed E-state index contributed by atoms with van der Waals surface area (Å²) in [4.78, 5) is 15.6. The molecule has 0 spiro atoms. The van der Waals surface area contributed by atoms with Crippen LogP contribution in [0.15, 0.2) is 35.8 Å². The van der Waals surface area contributed by atoms with Gasteiger partial charge < -0.3 is 10.1 Å². The lowest BCUT2D eigenvalue weighted by molar-refractivity contribution is -0.122. The van der Waals surface area contributed by atoms with E-state index in [1.165, 1.54) is 0 Å². The Labute approximate surface area is 109 Å². The van der Waals surface area contributed by atoms with Gasteiger partial charge in [0.2, 0.25) is 0 Å².